The van der Waals surface area contributed by atoms with Gasteiger partial charge in [0.1, 0.15) is 5.75 Å². The lowest BCUT2D eigenvalue weighted by molar-refractivity contribution is 0.352. The zero-order chi connectivity index (χ0) is 21.3. The van der Waals surface area contributed by atoms with Crippen LogP contribution in [0.3, 0.4) is 0 Å². The standard InChI is InChI=1S/C22H31N7O/c1-14(2)19-12-24-29-20(19)26-21(28(4)13-16-10-23-11-16)27-22(29)25-15(3)17-7-6-8-18(9-17)30-5/h6-9,12,14-16,23H,10-11,13H2,1-5H3,(H,25,26,27)/t15-/m0/s1. The summed E-state index contributed by atoms with van der Waals surface area (Å²) in [5.41, 5.74) is 3.09. The first-order chi connectivity index (χ1) is 14.5. The van der Waals surface area contributed by atoms with Crippen LogP contribution in [0, 0.1) is 5.92 Å². The molecule has 0 unspecified atom stereocenters. The Morgan fingerprint density at radius 2 is 2.07 bits per heavy atom. The van der Waals surface area contributed by atoms with E-state index in [2.05, 4.69) is 54.5 Å². The summed E-state index contributed by atoms with van der Waals surface area (Å²) < 4.78 is 7.19. The normalized spacial score (nSPS) is 15.3. The second-order valence-electron chi connectivity index (χ2n) is 8.38. The highest BCUT2D eigenvalue weighted by molar-refractivity contribution is 5.56. The van der Waals surface area contributed by atoms with Crippen molar-refractivity contribution in [2.24, 2.45) is 5.92 Å². The quantitative estimate of drug-likeness (QED) is 0.592. The Kier molecular flexibility index (Phi) is 5.76. The summed E-state index contributed by atoms with van der Waals surface area (Å²) in [6, 6.07) is 8.09. The zero-order valence-corrected chi connectivity index (χ0v) is 18.4. The lowest BCUT2D eigenvalue weighted by Crippen LogP contribution is -2.47. The van der Waals surface area contributed by atoms with Crippen LogP contribution in [0.15, 0.2) is 30.5 Å². The van der Waals surface area contributed by atoms with Crippen molar-refractivity contribution in [1.29, 1.82) is 0 Å². The summed E-state index contributed by atoms with van der Waals surface area (Å²) >= 11 is 0. The molecule has 1 fully saturated rings. The van der Waals surface area contributed by atoms with Crippen LogP contribution >= 0.6 is 0 Å². The smallest absolute Gasteiger partial charge is 0.230 e. The SMILES string of the molecule is COc1cccc([C@H](C)Nc2nc(N(C)CC3CNC3)nc3c(C(C)C)cnn23)c1. The van der Waals surface area contributed by atoms with Crippen molar-refractivity contribution in [3.05, 3.63) is 41.6 Å². The van der Waals surface area contributed by atoms with Gasteiger partial charge in [0.05, 0.1) is 19.3 Å². The van der Waals surface area contributed by atoms with Crippen LogP contribution in [0.2, 0.25) is 0 Å². The maximum Gasteiger partial charge on any atom is 0.230 e. The van der Waals surface area contributed by atoms with E-state index >= 15 is 0 Å². The highest BCUT2D eigenvalue weighted by Crippen LogP contribution is 2.26. The van der Waals surface area contributed by atoms with Crippen molar-refractivity contribution < 1.29 is 4.74 Å². The van der Waals surface area contributed by atoms with E-state index in [1.807, 2.05) is 28.9 Å². The van der Waals surface area contributed by atoms with E-state index in [-0.39, 0.29) is 6.04 Å². The van der Waals surface area contributed by atoms with E-state index in [1.54, 1.807) is 7.11 Å². The van der Waals surface area contributed by atoms with Gasteiger partial charge in [-0.2, -0.15) is 19.6 Å². The maximum absolute atomic E-state index is 5.38. The monoisotopic (exact) mass is 409 g/mol. The predicted molar refractivity (Wildman–Crippen MR) is 120 cm³/mol. The fourth-order valence-electron chi connectivity index (χ4n) is 3.69. The van der Waals surface area contributed by atoms with Crippen molar-refractivity contribution in [2.45, 2.75) is 32.7 Å². The molecule has 1 aliphatic heterocycles. The second kappa shape index (κ2) is 8.47. The van der Waals surface area contributed by atoms with Gasteiger partial charge in [-0.15, -0.1) is 0 Å². The first kappa shape index (κ1) is 20.4. The number of aromatic nitrogens is 4. The third kappa shape index (κ3) is 4.05. The van der Waals surface area contributed by atoms with Gasteiger partial charge in [-0.1, -0.05) is 26.0 Å². The molecule has 0 aliphatic carbocycles. The Morgan fingerprint density at radius 1 is 1.27 bits per heavy atom. The Morgan fingerprint density at radius 3 is 2.73 bits per heavy atom. The molecule has 160 valence electrons. The second-order valence-corrected chi connectivity index (χ2v) is 8.38. The number of benzene rings is 1. The number of nitrogens with zero attached hydrogens (tertiary/aromatic N) is 5. The van der Waals surface area contributed by atoms with Crippen LogP contribution in [0.25, 0.3) is 5.65 Å². The fraction of sp³-hybridized carbons (Fsp3) is 0.500. The van der Waals surface area contributed by atoms with Gasteiger partial charge in [0.25, 0.3) is 0 Å². The molecule has 2 aromatic heterocycles. The van der Waals surface area contributed by atoms with Crippen LogP contribution in [-0.2, 0) is 0 Å². The highest BCUT2D eigenvalue weighted by Gasteiger charge is 2.22. The molecule has 8 heteroatoms. The summed E-state index contributed by atoms with van der Waals surface area (Å²) in [4.78, 5) is 11.9. The van der Waals surface area contributed by atoms with Crippen LogP contribution in [0.4, 0.5) is 11.9 Å². The van der Waals surface area contributed by atoms with E-state index in [9.17, 15) is 0 Å². The number of ether oxygens (including phenoxy) is 1. The summed E-state index contributed by atoms with van der Waals surface area (Å²) in [7, 11) is 3.74. The maximum atomic E-state index is 5.38. The van der Waals surface area contributed by atoms with Gasteiger partial charge in [0.2, 0.25) is 11.9 Å². The first-order valence-electron chi connectivity index (χ1n) is 10.5. The minimum Gasteiger partial charge on any atom is -0.497 e. The van der Waals surface area contributed by atoms with E-state index in [1.165, 1.54) is 0 Å². The van der Waals surface area contributed by atoms with Gasteiger partial charge < -0.3 is 20.3 Å². The Labute approximate surface area is 177 Å². The molecule has 30 heavy (non-hydrogen) atoms. The van der Waals surface area contributed by atoms with E-state index < -0.39 is 0 Å². The molecule has 8 nitrogen and oxygen atoms in total. The Balaban J connectivity index is 1.69. The molecule has 3 heterocycles. The molecule has 1 saturated heterocycles. The number of nitrogens with one attached hydrogen (secondary N) is 2. The summed E-state index contributed by atoms with van der Waals surface area (Å²) in [5, 5.41) is 11.4. The van der Waals surface area contributed by atoms with Gasteiger partial charge >= 0.3 is 0 Å². The highest BCUT2D eigenvalue weighted by atomic mass is 16.5. The molecular formula is C22H31N7O. The van der Waals surface area contributed by atoms with Crippen molar-refractivity contribution in [3.8, 4) is 5.75 Å². The van der Waals surface area contributed by atoms with Gasteiger partial charge in [-0.3, -0.25) is 0 Å². The number of fused-ring (bicyclic) bond motifs is 1. The molecule has 0 amide bonds. The van der Waals surface area contributed by atoms with E-state index in [0.29, 0.717) is 17.8 Å². The van der Waals surface area contributed by atoms with Gasteiger partial charge in [-0.05, 0) is 30.5 Å². The van der Waals surface area contributed by atoms with Crippen LogP contribution < -0.4 is 20.3 Å². The molecule has 1 atom stereocenters. The molecule has 4 rings (SSSR count). The summed E-state index contributed by atoms with van der Waals surface area (Å²) in [6.45, 7) is 9.46. The molecule has 0 spiro atoms. The van der Waals surface area contributed by atoms with Crippen LogP contribution in [-0.4, -0.2) is 53.4 Å². The number of hydrogen-bond donors (Lipinski definition) is 2. The first-order valence-corrected chi connectivity index (χ1v) is 10.5. The van der Waals surface area contributed by atoms with Gasteiger partial charge in [0, 0.05) is 38.2 Å². The van der Waals surface area contributed by atoms with E-state index in [4.69, 9.17) is 14.7 Å². The summed E-state index contributed by atoms with van der Waals surface area (Å²) in [6.07, 6.45) is 1.90. The van der Waals surface area contributed by atoms with Gasteiger partial charge in [0.15, 0.2) is 5.65 Å². The third-order valence-corrected chi connectivity index (χ3v) is 5.68. The number of methoxy groups -OCH3 is 1. The molecule has 0 saturated carbocycles. The van der Waals surface area contributed by atoms with Crippen LogP contribution in [0.5, 0.6) is 5.75 Å². The Hall–Kier alpha value is -2.87. The minimum absolute atomic E-state index is 0.0267. The molecule has 1 aliphatic rings. The third-order valence-electron chi connectivity index (χ3n) is 5.68. The minimum atomic E-state index is 0.0267. The van der Waals surface area contributed by atoms with Crippen molar-refractivity contribution in [2.75, 3.05) is 44.0 Å². The summed E-state index contributed by atoms with van der Waals surface area (Å²) in [5.74, 6) is 3.21. The van der Waals surface area contributed by atoms with Crippen molar-refractivity contribution >= 4 is 17.5 Å². The molecular weight excluding hydrogens is 378 g/mol. The average molecular weight is 410 g/mol. The van der Waals surface area contributed by atoms with Crippen molar-refractivity contribution in [1.82, 2.24) is 24.9 Å². The lowest BCUT2D eigenvalue weighted by atomic mass is 10.0. The Bertz CT molecular complexity index is 1010. The fourth-order valence-corrected chi connectivity index (χ4v) is 3.69. The number of hydrogen-bond acceptors (Lipinski definition) is 7. The van der Waals surface area contributed by atoms with Gasteiger partial charge in [-0.25, -0.2) is 0 Å². The molecule has 0 radical (unpaired) electrons. The predicted octanol–water partition coefficient (Wildman–Crippen LogP) is 3.09. The van der Waals surface area contributed by atoms with Crippen LogP contribution in [0.1, 0.15) is 43.9 Å². The number of anilines is 2. The average Bonchev–Trinajstić information content (AvgIpc) is 3.15. The largest absolute Gasteiger partial charge is 0.497 e. The molecule has 0 bridgehead atoms. The molecule has 2 N–H and O–H groups in total. The van der Waals surface area contributed by atoms with Crippen molar-refractivity contribution in [3.63, 3.8) is 0 Å². The lowest BCUT2D eigenvalue weighted by Gasteiger charge is -2.31. The zero-order valence-electron chi connectivity index (χ0n) is 18.4. The molecule has 3 aromatic rings. The topological polar surface area (TPSA) is 79.6 Å². The van der Waals surface area contributed by atoms with E-state index in [0.717, 1.165) is 48.1 Å². The number of rotatable bonds is 8. The molecule has 1 aromatic carbocycles.